The van der Waals surface area contributed by atoms with Crippen molar-refractivity contribution in [2.24, 2.45) is 4.99 Å². The number of rotatable bonds is 8. The van der Waals surface area contributed by atoms with Crippen LogP contribution < -0.4 is 5.32 Å². The molecule has 0 radical (unpaired) electrons. The molecule has 0 aliphatic carbocycles. The van der Waals surface area contributed by atoms with Crippen LogP contribution in [0.1, 0.15) is 55.8 Å². The Morgan fingerprint density at radius 3 is 2.86 bits per heavy atom. The number of aromatic nitrogens is 1. The van der Waals surface area contributed by atoms with Crippen LogP contribution in [0, 0.1) is 0 Å². The van der Waals surface area contributed by atoms with E-state index in [1.165, 1.54) is 22.7 Å². The van der Waals surface area contributed by atoms with Crippen LogP contribution in [-0.4, -0.2) is 67.4 Å². The minimum absolute atomic E-state index is 0.310. The van der Waals surface area contributed by atoms with Gasteiger partial charge < -0.3 is 19.7 Å². The molecule has 28 heavy (non-hydrogen) atoms. The van der Waals surface area contributed by atoms with Crippen molar-refractivity contribution in [2.45, 2.75) is 71.0 Å². The third-order valence-electron chi connectivity index (χ3n) is 5.41. The summed E-state index contributed by atoms with van der Waals surface area (Å²) >= 11 is 1.81. The largest absolute Gasteiger partial charge is 0.376 e. The van der Waals surface area contributed by atoms with E-state index in [2.05, 4.69) is 29.0 Å². The summed E-state index contributed by atoms with van der Waals surface area (Å²) in [5.74, 6) is 1.03. The molecular weight excluding hydrogens is 372 g/mol. The van der Waals surface area contributed by atoms with E-state index in [-0.39, 0.29) is 0 Å². The van der Waals surface area contributed by atoms with E-state index in [4.69, 9.17) is 14.5 Å². The molecule has 6 nitrogen and oxygen atoms in total. The first kappa shape index (κ1) is 21.5. The molecule has 1 aromatic rings. The lowest BCUT2D eigenvalue weighted by Crippen LogP contribution is -2.47. The van der Waals surface area contributed by atoms with Gasteiger partial charge in [-0.2, -0.15) is 0 Å². The van der Waals surface area contributed by atoms with Gasteiger partial charge in [0, 0.05) is 50.3 Å². The summed E-state index contributed by atoms with van der Waals surface area (Å²) in [4.78, 5) is 13.1. The van der Waals surface area contributed by atoms with Crippen LogP contribution in [0.15, 0.2) is 11.2 Å². The maximum atomic E-state index is 6.14. The lowest BCUT2D eigenvalue weighted by molar-refractivity contribution is -0.0721. The highest BCUT2D eigenvalue weighted by atomic mass is 32.1. The molecule has 2 fully saturated rings. The lowest BCUT2D eigenvalue weighted by Gasteiger charge is -2.35. The van der Waals surface area contributed by atoms with Gasteiger partial charge in [-0.25, -0.2) is 4.98 Å². The van der Waals surface area contributed by atoms with Crippen molar-refractivity contribution >= 4 is 17.3 Å². The number of thiazole rings is 1. The van der Waals surface area contributed by atoms with Crippen molar-refractivity contribution in [3.05, 3.63) is 16.1 Å². The fraction of sp³-hybridized carbons (Fsp3) is 0.810. The molecule has 1 aromatic heterocycles. The van der Waals surface area contributed by atoms with E-state index in [1.54, 1.807) is 0 Å². The molecular formula is C21H36N4O2S. The van der Waals surface area contributed by atoms with Crippen molar-refractivity contribution in [3.63, 3.8) is 0 Å². The number of nitrogens with one attached hydrogen (secondary N) is 1. The average Bonchev–Trinajstić information content (AvgIpc) is 3.21. The Balaban J connectivity index is 1.41. The van der Waals surface area contributed by atoms with Crippen LogP contribution in [0.5, 0.6) is 0 Å². The number of ether oxygens (including phenoxy) is 2. The molecule has 1 atom stereocenters. The Hall–Kier alpha value is -1.18. The first-order chi connectivity index (χ1) is 13.8. The third-order valence-corrected chi connectivity index (χ3v) is 6.61. The summed E-state index contributed by atoms with van der Waals surface area (Å²) in [6, 6.07) is 0. The Labute approximate surface area is 173 Å². The highest BCUT2D eigenvalue weighted by molar-refractivity contribution is 7.11. The van der Waals surface area contributed by atoms with Crippen LogP contribution >= 0.6 is 11.3 Å². The molecule has 158 valence electrons. The number of guanidine groups is 1. The fourth-order valence-corrected chi connectivity index (χ4v) is 4.58. The second kappa shape index (κ2) is 11.7. The zero-order valence-electron chi connectivity index (χ0n) is 17.5. The van der Waals surface area contributed by atoms with Gasteiger partial charge in [-0.1, -0.05) is 6.92 Å². The van der Waals surface area contributed by atoms with Gasteiger partial charge in [0.2, 0.25) is 0 Å². The Bertz CT molecular complexity index is 593. The van der Waals surface area contributed by atoms with Crippen molar-refractivity contribution in [1.82, 2.24) is 15.2 Å². The Morgan fingerprint density at radius 2 is 2.18 bits per heavy atom. The number of piperidine rings is 1. The topological polar surface area (TPSA) is 59.0 Å². The number of hydrogen-bond donors (Lipinski definition) is 1. The van der Waals surface area contributed by atoms with Gasteiger partial charge >= 0.3 is 0 Å². The first-order valence-corrected chi connectivity index (χ1v) is 11.8. The third kappa shape index (κ3) is 6.71. The number of hydrogen-bond acceptors (Lipinski definition) is 5. The van der Waals surface area contributed by atoms with Crippen LogP contribution in [0.25, 0.3) is 0 Å². The van der Waals surface area contributed by atoms with Gasteiger partial charge in [0.1, 0.15) is 0 Å². The lowest BCUT2D eigenvalue weighted by atomic mass is 10.1. The number of nitrogens with zero attached hydrogens (tertiary/aromatic N) is 3. The smallest absolute Gasteiger partial charge is 0.193 e. The molecule has 0 amide bonds. The van der Waals surface area contributed by atoms with Gasteiger partial charge in [-0.3, -0.25) is 4.99 Å². The average molecular weight is 409 g/mol. The Kier molecular flexibility index (Phi) is 9.02. The second-order valence-corrected chi connectivity index (χ2v) is 8.77. The predicted octanol–water partition coefficient (Wildman–Crippen LogP) is 3.26. The van der Waals surface area contributed by atoms with Crippen molar-refractivity contribution in [1.29, 1.82) is 0 Å². The number of aryl methyl sites for hydroxylation is 1. The molecule has 0 aromatic carbocycles. The van der Waals surface area contributed by atoms with Gasteiger partial charge in [0.05, 0.1) is 23.8 Å². The summed E-state index contributed by atoms with van der Waals surface area (Å²) in [6.07, 6.45) is 10.4. The van der Waals surface area contributed by atoms with E-state index in [0.29, 0.717) is 12.2 Å². The summed E-state index contributed by atoms with van der Waals surface area (Å²) in [5, 5.41) is 4.64. The highest BCUT2D eigenvalue weighted by Gasteiger charge is 2.23. The molecule has 2 aliphatic rings. The standard InChI is InChI=1S/C21H36N4O2S/c1-3-19-15-24-20(28-19)8-11-23-21(22-4-2)25-12-9-17(10-13-25)27-16-18-7-5-6-14-26-18/h15,17-18H,3-14,16H2,1-2H3,(H,22,23). The molecule has 0 saturated carbocycles. The summed E-state index contributed by atoms with van der Waals surface area (Å²) < 4.78 is 11.9. The summed E-state index contributed by atoms with van der Waals surface area (Å²) in [7, 11) is 0. The van der Waals surface area contributed by atoms with Crippen molar-refractivity contribution in [3.8, 4) is 0 Å². The predicted molar refractivity (Wildman–Crippen MR) is 115 cm³/mol. The molecule has 0 spiro atoms. The molecule has 0 bridgehead atoms. The monoisotopic (exact) mass is 408 g/mol. The molecule has 3 rings (SSSR count). The van der Waals surface area contributed by atoms with Crippen LogP contribution in [0.4, 0.5) is 0 Å². The minimum atomic E-state index is 0.310. The molecule has 2 aliphatic heterocycles. The molecule has 1 unspecified atom stereocenters. The molecule has 3 heterocycles. The SMILES string of the molecule is CCNC(=NCCc1ncc(CC)s1)N1CCC(OCC2CCCCO2)CC1. The molecule has 1 N–H and O–H groups in total. The zero-order chi connectivity index (χ0) is 19.6. The van der Waals surface area contributed by atoms with E-state index >= 15 is 0 Å². The molecule has 7 heteroatoms. The molecule has 2 saturated heterocycles. The number of likely N-dealkylation sites (tertiary alicyclic amines) is 1. The first-order valence-electron chi connectivity index (χ1n) is 11.0. The highest BCUT2D eigenvalue weighted by Crippen LogP contribution is 2.18. The van der Waals surface area contributed by atoms with E-state index in [1.807, 2.05) is 17.5 Å². The quantitative estimate of drug-likeness (QED) is 0.528. The van der Waals surface area contributed by atoms with Gasteiger partial charge in [0.25, 0.3) is 0 Å². The maximum Gasteiger partial charge on any atom is 0.193 e. The van der Waals surface area contributed by atoms with Crippen molar-refractivity contribution < 1.29 is 9.47 Å². The van der Waals surface area contributed by atoms with Gasteiger partial charge in [-0.15, -0.1) is 11.3 Å². The van der Waals surface area contributed by atoms with E-state index in [0.717, 1.165) is 77.5 Å². The summed E-state index contributed by atoms with van der Waals surface area (Å²) in [5.41, 5.74) is 0. The fourth-order valence-electron chi connectivity index (χ4n) is 3.73. The minimum Gasteiger partial charge on any atom is -0.376 e. The van der Waals surface area contributed by atoms with E-state index in [9.17, 15) is 0 Å². The summed E-state index contributed by atoms with van der Waals surface area (Å²) in [6.45, 7) is 9.64. The Morgan fingerprint density at radius 1 is 1.32 bits per heavy atom. The number of aliphatic imine (C=N–C) groups is 1. The normalized spacial score (nSPS) is 21.9. The van der Waals surface area contributed by atoms with Crippen LogP contribution in [0.2, 0.25) is 0 Å². The van der Waals surface area contributed by atoms with Gasteiger partial charge in [0.15, 0.2) is 5.96 Å². The zero-order valence-corrected chi connectivity index (χ0v) is 18.3. The van der Waals surface area contributed by atoms with E-state index < -0.39 is 0 Å². The second-order valence-electron chi connectivity index (χ2n) is 7.57. The maximum absolute atomic E-state index is 6.14. The van der Waals surface area contributed by atoms with Crippen LogP contribution in [-0.2, 0) is 22.3 Å². The van der Waals surface area contributed by atoms with Gasteiger partial charge in [-0.05, 0) is 45.4 Å². The van der Waals surface area contributed by atoms with Crippen molar-refractivity contribution in [2.75, 3.05) is 39.4 Å². The van der Waals surface area contributed by atoms with Crippen LogP contribution in [0.3, 0.4) is 0 Å².